The molecule has 2 aliphatic rings. The van der Waals surface area contributed by atoms with Crippen molar-refractivity contribution in [3.05, 3.63) is 59.6 Å². The Morgan fingerprint density at radius 2 is 1.94 bits per heavy atom. The number of hydrogen-bond acceptors (Lipinski definition) is 6. The number of aliphatic hydroxyl groups excluding tert-OH is 2. The maximum Gasteiger partial charge on any atom is 0.267 e. The zero-order valence-electron chi connectivity index (χ0n) is 17.7. The van der Waals surface area contributed by atoms with Gasteiger partial charge in [0.2, 0.25) is 11.8 Å². The molecule has 1 aromatic rings. The molecule has 0 bridgehead atoms. The van der Waals surface area contributed by atoms with Crippen molar-refractivity contribution < 1.29 is 19.8 Å². The van der Waals surface area contributed by atoms with Gasteiger partial charge >= 0.3 is 0 Å². The molecule has 8 heteroatoms. The number of allylic oxidation sites excluding steroid dienone is 2. The molecule has 2 heterocycles. The van der Waals surface area contributed by atoms with Crippen LogP contribution in [0, 0.1) is 0 Å². The minimum Gasteiger partial charge on any atom is -0.493 e. The highest BCUT2D eigenvalue weighted by atomic mass is 16.3. The number of piperidine rings is 1. The first-order valence-corrected chi connectivity index (χ1v) is 10.6. The molecule has 1 aromatic carbocycles. The van der Waals surface area contributed by atoms with Crippen LogP contribution in [-0.2, 0) is 16.0 Å². The third-order valence-corrected chi connectivity index (χ3v) is 5.34. The van der Waals surface area contributed by atoms with E-state index in [1.165, 1.54) is 12.3 Å². The monoisotopic (exact) mass is 426 g/mol. The highest BCUT2D eigenvalue weighted by Gasteiger charge is 2.30. The molecular weight excluding hydrogens is 396 g/mol. The number of carbonyl (C=O) groups excluding carboxylic acids is 2. The summed E-state index contributed by atoms with van der Waals surface area (Å²) in [5, 5.41) is 25.4. The first-order valence-electron chi connectivity index (χ1n) is 10.6. The molecule has 166 valence electrons. The number of aliphatic imine (C=N–C) groups is 1. The molecular formula is C23H30N4O4. The van der Waals surface area contributed by atoms with E-state index in [9.17, 15) is 19.8 Å². The SMILES string of the molecule is CC1C=N/C(O)=C\C/C=C(/C(=O)N[C@@H](Cc2ccccc2)C(=O)N2CCC(O)CC2)N1. The third-order valence-electron chi connectivity index (χ3n) is 5.34. The third kappa shape index (κ3) is 6.68. The summed E-state index contributed by atoms with van der Waals surface area (Å²) in [6.45, 7) is 2.76. The van der Waals surface area contributed by atoms with E-state index in [0.29, 0.717) is 44.5 Å². The number of likely N-dealkylation sites (tertiary alicyclic amines) is 1. The van der Waals surface area contributed by atoms with Gasteiger partial charge in [-0.2, -0.15) is 0 Å². The Bertz CT molecular complexity index is 858. The average molecular weight is 427 g/mol. The van der Waals surface area contributed by atoms with Crippen molar-refractivity contribution in [3.63, 3.8) is 0 Å². The predicted molar refractivity (Wildman–Crippen MR) is 118 cm³/mol. The van der Waals surface area contributed by atoms with Gasteiger partial charge in [-0.25, -0.2) is 4.99 Å². The van der Waals surface area contributed by atoms with Crippen molar-refractivity contribution in [1.82, 2.24) is 15.5 Å². The summed E-state index contributed by atoms with van der Waals surface area (Å²) in [5.74, 6) is -0.641. The summed E-state index contributed by atoms with van der Waals surface area (Å²) in [5.41, 5.74) is 1.27. The normalized spacial score (nSPS) is 24.3. The summed E-state index contributed by atoms with van der Waals surface area (Å²) < 4.78 is 0. The van der Waals surface area contributed by atoms with Crippen LogP contribution >= 0.6 is 0 Å². The lowest BCUT2D eigenvalue weighted by Gasteiger charge is -2.33. The van der Waals surface area contributed by atoms with Gasteiger partial charge in [0.15, 0.2) is 0 Å². The van der Waals surface area contributed by atoms with Crippen LogP contribution in [0.1, 0.15) is 31.7 Å². The lowest BCUT2D eigenvalue weighted by molar-refractivity contribution is -0.137. The van der Waals surface area contributed by atoms with Gasteiger partial charge in [0.25, 0.3) is 5.91 Å². The summed E-state index contributed by atoms with van der Waals surface area (Å²) in [6.07, 6.45) is 6.08. The Hall–Kier alpha value is -3.13. The van der Waals surface area contributed by atoms with Crippen LogP contribution in [0.25, 0.3) is 0 Å². The van der Waals surface area contributed by atoms with Gasteiger partial charge in [0.1, 0.15) is 6.04 Å². The second-order valence-electron chi connectivity index (χ2n) is 7.90. The lowest BCUT2D eigenvalue weighted by atomic mass is 10.0. The van der Waals surface area contributed by atoms with Crippen molar-refractivity contribution in [3.8, 4) is 0 Å². The Balaban J connectivity index is 1.76. The summed E-state index contributed by atoms with van der Waals surface area (Å²) >= 11 is 0. The summed E-state index contributed by atoms with van der Waals surface area (Å²) in [6, 6.07) is 8.55. The van der Waals surface area contributed by atoms with Gasteiger partial charge in [-0.1, -0.05) is 36.4 Å². The van der Waals surface area contributed by atoms with Crippen molar-refractivity contribution >= 4 is 18.0 Å². The molecule has 1 saturated heterocycles. The zero-order valence-corrected chi connectivity index (χ0v) is 17.7. The highest BCUT2D eigenvalue weighted by Crippen LogP contribution is 2.14. The van der Waals surface area contributed by atoms with E-state index in [1.54, 1.807) is 11.0 Å². The van der Waals surface area contributed by atoms with E-state index in [4.69, 9.17) is 0 Å². The summed E-state index contributed by atoms with van der Waals surface area (Å²) in [4.78, 5) is 31.9. The highest BCUT2D eigenvalue weighted by molar-refractivity contribution is 5.97. The fourth-order valence-electron chi connectivity index (χ4n) is 3.62. The van der Waals surface area contributed by atoms with Crippen LogP contribution in [-0.4, -0.2) is 64.4 Å². The van der Waals surface area contributed by atoms with E-state index in [1.807, 2.05) is 37.3 Å². The molecule has 4 N–H and O–H groups in total. The van der Waals surface area contributed by atoms with Gasteiger partial charge in [-0.15, -0.1) is 0 Å². The number of nitrogens with one attached hydrogen (secondary N) is 2. The van der Waals surface area contributed by atoms with Gasteiger partial charge in [0.05, 0.1) is 17.8 Å². The Morgan fingerprint density at radius 3 is 2.65 bits per heavy atom. The van der Waals surface area contributed by atoms with Gasteiger partial charge in [-0.3, -0.25) is 9.59 Å². The molecule has 2 atom stereocenters. The predicted octanol–water partition coefficient (Wildman–Crippen LogP) is 1.43. The molecule has 0 spiro atoms. The van der Waals surface area contributed by atoms with Crippen LogP contribution in [0.15, 0.2) is 59.1 Å². The van der Waals surface area contributed by atoms with Gasteiger partial charge in [-0.05, 0) is 37.8 Å². The fourth-order valence-corrected chi connectivity index (χ4v) is 3.62. The Kier molecular flexibility index (Phi) is 7.83. The molecule has 31 heavy (non-hydrogen) atoms. The number of nitrogens with zero attached hydrogens (tertiary/aromatic N) is 2. The molecule has 3 rings (SSSR count). The standard InChI is InChI=1S/C23H30N4O4/c1-16-15-24-21(29)9-5-8-19(25-16)22(30)26-20(14-17-6-3-2-4-7-17)23(31)27-12-10-18(28)11-13-27/h2-4,6-9,15-16,18,20,25,28-29H,5,10-14H2,1H3,(H,26,30)/b19-8-,21-9+,24-15?/t16?,20-/m0/s1. The lowest BCUT2D eigenvalue weighted by Crippen LogP contribution is -2.53. The van der Waals surface area contributed by atoms with Crippen LogP contribution in [0.3, 0.4) is 0 Å². The quantitative estimate of drug-likeness (QED) is 0.569. The molecule has 0 aliphatic carbocycles. The number of hydrogen-bond donors (Lipinski definition) is 4. The van der Waals surface area contributed by atoms with E-state index >= 15 is 0 Å². The molecule has 1 unspecified atom stereocenters. The number of aliphatic hydroxyl groups is 2. The number of amides is 2. The van der Waals surface area contributed by atoms with Crippen molar-refractivity contribution in [2.24, 2.45) is 4.99 Å². The smallest absolute Gasteiger partial charge is 0.267 e. The van der Waals surface area contributed by atoms with Crippen LogP contribution < -0.4 is 10.6 Å². The molecule has 2 aliphatic heterocycles. The van der Waals surface area contributed by atoms with Gasteiger partial charge in [0, 0.05) is 25.7 Å². The van der Waals surface area contributed by atoms with Gasteiger partial charge < -0.3 is 25.7 Å². The first-order chi connectivity index (χ1) is 14.9. The van der Waals surface area contributed by atoms with Crippen LogP contribution in [0.2, 0.25) is 0 Å². The van der Waals surface area contributed by atoms with E-state index < -0.39 is 6.04 Å². The molecule has 2 amide bonds. The second-order valence-corrected chi connectivity index (χ2v) is 7.90. The van der Waals surface area contributed by atoms with E-state index in [2.05, 4.69) is 15.6 Å². The number of carbonyl (C=O) groups is 2. The van der Waals surface area contributed by atoms with Crippen LogP contribution in [0.5, 0.6) is 0 Å². The molecule has 0 radical (unpaired) electrons. The van der Waals surface area contributed by atoms with Crippen molar-refractivity contribution in [2.45, 2.75) is 50.8 Å². The van der Waals surface area contributed by atoms with Crippen molar-refractivity contribution in [1.29, 1.82) is 0 Å². The minimum atomic E-state index is -0.728. The molecule has 1 fully saturated rings. The fraction of sp³-hybridized carbons (Fsp3) is 0.435. The maximum atomic E-state index is 13.2. The maximum absolute atomic E-state index is 13.2. The number of benzene rings is 1. The first kappa shape index (κ1) is 22.6. The van der Waals surface area contributed by atoms with Crippen molar-refractivity contribution in [2.75, 3.05) is 13.1 Å². The topological polar surface area (TPSA) is 114 Å². The molecule has 0 aromatic heterocycles. The van der Waals surface area contributed by atoms with E-state index in [0.717, 1.165) is 5.56 Å². The summed E-state index contributed by atoms with van der Waals surface area (Å²) in [7, 11) is 0. The van der Waals surface area contributed by atoms with Crippen LogP contribution in [0.4, 0.5) is 0 Å². The zero-order chi connectivity index (χ0) is 22.2. The Morgan fingerprint density at radius 1 is 1.23 bits per heavy atom. The average Bonchev–Trinajstić information content (AvgIpc) is 2.85. The second kappa shape index (κ2) is 10.8. The van der Waals surface area contributed by atoms with E-state index in [-0.39, 0.29) is 29.8 Å². The number of rotatable bonds is 5. The molecule has 8 nitrogen and oxygen atoms in total. The Labute approximate surface area is 182 Å². The minimum absolute atomic E-state index is 0.101. The molecule has 0 saturated carbocycles. The largest absolute Gasteiger partial charge is 0.493 e.